The third kappa shape index (κ3) is 5.97. The molecule has 9 nitrogen and oxygen atoms in total. The molecular weight excluding hydrogens is 344 g/mol. The lowest BCUT2D eigenvalue weighted by atomic mass is 9.91. The molecule has 0 spiro atoms. The molecule has 9 heteroatoms. The van der Waals surface area contributed by atoms with Gasteiger partial charge in [0, 0.05) is 6.42 Å². The van der Waals surface area contributed by atoms with Gasteiger partial charge in [0.1, 0.15) is 24.4 Å². The third-order valence-electron chi connectivity index (χ3n) is 4.55. The number of aliphatic hydroxyl groups is 3. The topological polar surface area (TPSA) is 151 Å². The van der Waals surface area contributed by atoms with E-state index in [-0.39, 0.29) is 18.7 Å². The Hall–Kier alpha value is -1.10. The predicted molar refractivity (Wildman–Crippen MR) is 92.7 cm³/mol. The summed E-state index contributed by atoms with van der Waals surface area (Å²) in [6.45, 7) is 4.73. The number of aliphatic hydroxyl groups excluding tert-OH is 3. The molecule has 1 rings (SSSR count). The van der Waals surface area contributed by atoms with Crippen molar-refractivity contribution >= 4 is 12.2 Å². The molecule has 26 heavy (non-hydrogen) atoms. The minimum Gasteiger partial charge on any atom is -0.394 e. The Labute approximate surface area is 153 Å². The van der Waals surface area contributed by atoms with Crippen LogP contribution in [-0.2, 0) is 19.1 Å². The first-order chi connectivity index (χ1) is 12.2. The van der Waals surface area contributed by atoms with Gasteiger partial charge in [0.15, 0.2) is 6.29 Å². The van der Waals surface area contributed by atoms with Crippen LogP contribution in [0.25, 0.3) is 0 Å². The van der Waals surface area contributed by atoms with Gasteiger partial charge in [0.2, 0.25) is 12.2 Å². The Kier molecular flexibility index (Phi) is 9.08. The molecule has 1 saturated heterocycles. The molecule has 1 heterocycles. The summed E-state index contributed by atoms with van der Waals surface area (Å²) < 4.78 is 11.0. The van der Waals surface area contributed by atoms with Gasteiger partial charge in [-0.05, 0) is 26.2 Å². The van der Waals surface area contributed by atoms with Crippen LogP contribution in [0.1, 0.15) is 46.5 Å². The highest BCUT2D eigenvalue weighted by Gasteiger charge is 2.46. The number of carbonyl (C=O) groups is 1. The van der Waals surface area contributed by atoms with Crippen molar-refractivity contribution in [1.29, 1.82) is 0 Å². The summed E-state index contributed by atoms with van der Waals surface area (Å²) >= 11 is 0. The second-order valence-corrected chi connectivity index (χ2v) is 6.81. The normalized spacial score (nSPS) is 32.5. The fourth-order valence-electron chi connectivity index (χ4n) is 2.97. The quantitative estimate of drug-likeness (QED) is 0.317. The molecule has 1 fully saturated rings. The standard InChI is InChI=1S/C17H31N2O7/c1-4-6-12(22)19-13-15(14(23)11(8-20)26-16(13)24)25-10(3)7-17(18,5-2)9-21/h10-11,13-16,20,23-24H,4-8,18H2,1-3H3,(H,19,22)/t10?,11-,13-,14-,15-,16+,17?/m1/s1. The molecule has 1 radical (unpaired) electrons. The molecule has 2 unspecified atom stereocenters. The van der Waals surface area contributed by atoms with E-state index in [1.54, 1.807) is 20.1 Å². The summed E-state index contributed by atoms with van der Waals surface area (Å²) in [5.41, 5.74) is 4.73. The smallest absolute Gasteiger partial charge is 0.220 e. The number of hydrogen-bond donors (Lipinski definition) is 5. The van der Waals surface area contributed by atoms with E-state index in [1.165, 1.54) is 0 Å². The van der Waals surface area contributed by atoms with E-state index < -0.39 is 48.9 Å². The number of nitrogens with one attached hydrogen (secondary N) is 1. The molecule has 7 atom stereocenters. The van der Waals surface area contributed by atoms with Crippen molar-refractivity contribution in [1.82, 2.24) is 5.32 Å². The minimum absolute atomic E-state index is 0.145. The Balaban J connectivity index is 2.92. The van der Waals surface area contributed by atoms with Gasteiger partial charge in [0.25, 0.3) is 0 Å². The van der Waals surface area contributed by atoms with Crippen LogP contribution in [0.3, 0.4) is 0 Å². The van der Waals surface area contributed by atoms with E-state index in [0.29, 0.717) is 12.8 Å². The van der Waals surface area contributed by atoms with Crippen LogP contribution in [0, 0.1) is 0 Å². The van der Waals surface area contributed by atoms with Gasteiger partial charge >= 0.3 is 0 Å². The molecule has 1 amide bonds. The first-order valence-electron chi connectivity index (χ1n) is 8.96. The zero-order valence-electron chi connectivity index (χ0n) is 15.6. The molecular formula is C17H31N2O7. The van der Waals surface area contributed by atoms with E-state index in [9.17, 15) is 24.9 Å². The summed E-state index contributed by atoms with van der Waals surface area (Å²) in [4.78, 5) is 23.0. The fraction of sp³-hybridized carbons (Fsp3) is 0.882. The van der Waals surface area contributed by atoms with Crippen LogP contribution in [0.2, 0.25) is 0 Å². The van der Waals surface area contributed by atoms with Crippen LogP contribution in [0.4, 0.5) is 0 Å². The van der Waals surface area contributed by atoms with Crippen molar-refractivity contribution < 1.29 is 34.4 Å². The molecule has 6 N–H and O–H groups in total. The zero-order valence-corrected chi connectivity index (χ0v) is 15.6. The highest BCUT2D eigenvalue weighted by molar-refractivity contribution is 5.76. The second-order valence-electron chi connectivity index (χ2n) is 6.81. The molecule has 0 aromatic carbocycles. The SMILES string of the molecule is CCCC(=O)N[C@@H]1[C@@H](OC(C)CC(N)([C]=O)CC)[C@H](O)[C@@H](CO)O[C@@H]1O. The molecule has 0 aromatic rings. The zero-order chi connectivity index (χ0) is 19.9. The first-order valence-corrected chi connectivity index (χ1v) is 8.96. The van der Waals surface area contributed by atoms with Crippen molar-refractivity contribution in [3.05, 3.63) is 0 Å². The maximum Gasteiger partial charge on any atom is 0.220 e. The summed E-state index contributed by atoms with van der Waals surface area (Å²) in [5, 5.41) is 32.6. The van der Waals surface area contributed by atoms with Crippen molar-refractivity contribution in [2.24, 2.45) is 5.73 Å². The molecule has 151 valence electrons. The average molecular weight is 375 g/mol. The Bertz CT molecular complexity index is 464. The Morgan fingerprint density at radius 2 is 2.08 bits per heavy atom. The maximum atomic E-state index is 11.9. The van der Waals surface area contributed by atoms with Crippen LogP contribution in [0.5, 0.6) is 0 Å². The number of carbonyl (C=O) groups excluding carboxylic acids is 2. The largest absolute Gasteiger partial charge is 0.394 e. The van der Waals surface area contributed by atoms with Gasteiger partial charge in [0.05, 0.1) is 18.2 Å². The summed E-state index contributed by atoms with van der Waals surface area (Å²) in [6, 6.07) is -1.02. The van der Waals surface area contributed by atoms with Gasteiger partial charge in [-0.15, -0.1) is 0 Å². The van der Waals surface area contributed by atoms with Gasteiger partial charge in [-0.1, -0.05) is 13.8 Å². The van der Waals surface area contributed by atoms with Crippen molar-refractivity contribution in [2.45, 2.75) is 88.7 Å². The second kappa shape index (κ2) is 10.3. The van der Waals surface area contributed by atoms with Crippen LogP contribution < -0.4 is 11.1 Å². The molecule has 1 aliphatic rings. The van der Waals surface area contributed by atoms with Gasteiger partial charge in [-0.25, -0.2) is 0 Å². The van der Waals surface area contributed by atoms with Crippen LogP contribution in [-0.4, -0.2) is 76.4 Å². The average Bonchev–Trinajstić information content (AvgIpc) is 2.60. The lowest BCUT2D eigenvalue weighted by molar-refractivity contribution is -0.268. The van der Waals surface area contributed by atoms with E-state index in [1.807, 2.05) is 6.92 Å². The lowest BCUT2D eigenvalue weighted by Gasteiger charge is -2.43. The van der Waals surface area contributed by atoms with Crippen LogP contribution >= 0.6 is 0 Å². The minimum atomic E-state index is -1.46. The number of nitrogens with two attached hydrogens (primary N) is 1. The number of amides is 1. The highest BCUT2D eigenvalue weighted by atomic mass is 16.6. The molecule has 0 bridgehead atoms. The third-order valence-corrected chi connectivity index (χ3v) is 4.55. The summed E-state index contributed by atoms with van der Waals surface area (Å²) in [6.07, 6.45) is -2.26. The molecule has 0 saturated carbocycles. The van der Waals surface area contributed by atoms with Gasteiger partial charge in [-0.3, -0.25) is 9.59 Å². The highest BCUT2D eigenvalue weighted by Crippen LogP contribution is 2.25. The molecule has 0 aliphatic carbocycles. The number of ether oxygens (including phenoxy) is 2. The van der Waals surface area contributed by atoms with Crippen molar-refractivity contribution in [3.63, 3.8) is 0 Å². The van der Waals surface area contributed by atoms with Crippen molar-refractivity contribution in [3.8, 4) is 0 Å². The van der Waals surface area contributed by atoms with Gasteiger partial charge < -0.3 is 35.8 Å². The fourth-order valence-corrected chi connectivity index (χ4v) is 2.97. The Morgan fingerprint density at radius 1 is 1.42 bits per heavy atom. The predicted octanol–water partition coefficient (Wildman–Crippen LogP) is -1.28. The monoisotopic (exact) mass is 375 g/mol. The first kappa shape index (κ1) is 22.9. The molecule has 0 aromatic heterocycles. The molecule has 1 aliphatic heterocycles. The lowest BCUT2D eigenvalue weighted by Crippen LogP contribution is -2.65. The number of rotatable bonds is 10. The van der Waals surface area contributed by atoms with Crippen molar-refractivity contribution in [2.75, 3.05) is 6.61 Å². The summed E-state index contributed by atoms with van der Waals surface area (Å²) in [5.74, 6) is -0.320. The maximum absolute atomic E-state index is 11.9. The Morgan fingerprint density at radius 3 is 2.58 bits per heavy atom. The summed E-state index contributed by atoms with van der Waals surface area (Å²) in [7, 11) is 0. The van der Waals surface area contributed by atoms with Gasteiger partial charge in [-0.2, -0.15) is 0 Å². The van der Waals surface area contributed by atoms with E-state index in [4.69, 9.17) is 15.2 Å². The number of hydrogen-bond acceptors (Lipinski definition) is 8. The van der Waals surface area contributed by atoms with E-state index >= 15 is 0 Å². The van der Waals surface area contributed by atoms with Crippen LogP contribution in [0.15, 0.2) is 0 Å². The van der Waals surface area contributed by atoms with E-state index in [0.717, 1.165) is 0 Å². The van der Waals surface area contributed by atoms with E-state index in [2.05, 4.69) is 5.32 Å².